The zero-order valence-corrected chi connectivity index (χ0v) is 24.0. The smallest absolute Gasteiger partial charge is 0.255 e. The second-order valence-electron chi connectivity index (χ2n) is 9.56. The minimum atomic E-state index is -0.243. The summed E-state index contributed by atoms with van der Waals surface area (Å²) >= 11 is 12.0. The van der Waals surface area contributed by atoms with Gasteiger partial charge in [0, 0.05) is 60.1 Å². The zero-order valence-electron chi connectivity index (χ0n) is 22.5. The molecular weight excluding hydrogens is 535 g/mol. The molecule has 1 aliphatic heterocycles. The molecule has 3 aromatic carbocycles. The molecule has 7 nitrogen and oxygen atoms in total. The lowest BCUT2D eigenvalue weighted by Crippen LogP contribution is -2.46. The number of amides is 1. The second-order valence-corrected chi connectivity index (χ2v) is 10.4. The molecule has 1 fully saturated rings. The van der Waals surface area contributed by atoms with Crippen molar-refractivity contribution in [1.82, 2.24) is 10.2 Å². The Morgan fingerprint density at radius 2 is 1.59 bits per heavy atom. The van der Waals surface area contributed by atoms with Gasteiger partial charge in [-0.15, -0.1) is 0 Å². The molecule has 0 aromatic heterocycles. The summed E-state index contributed by atoms with van der Waals surface area (Å²) in [5, 5.41) is 7.27. The van der Waals surface area contributed by atoms with E-state index in [1.807, 2.05) is 36.4 Å². The van der Waals surface area contributed by atoms with Crippen LogP contribution in [-0.4, -0.2) is 64.3 Å². The van der Waals surface area contributed by atoms with E-state index in [0.717, 1.165) is 81.5 Å². The lowest BCUT2D eigenvalue weighted by Gasteiger charge is -2.36. The van der Waals surface area contributed by atoms with Gasteiger partial charge in [-0.25, -0.2) is 0 Å². The highest BCUT2D eigenvalue weighted by molar-refractivity contribution is 6.35. The molecule has 1 heterocycles. The number of nitrogens with one attached hydrogen (secondary N) is 2. The molecule has 2 N–H and O–H groups in total. The Labute approximate surface area is 241 Å². The summed E-state index contributed by atoms with van der Waals surface area (Å²) in [5.74, 6) is 1.42. The molecule has 4 rings (SSSR count). The summed E-state index contributed by atoms with van der Waals surface area (Å²) in [6.07, 6.45) is 2.29. The number of carbonyl (C=O) groups is 1. The highest BCUT2D eigenvalue weighted by Crippen LogP contribution is 2.32. The number of methoxy groups -OCH3 is 2. The number of ether oxygens (including phenoxy) is 2. The fourth-order valence-electron chi connectivity index (χ4n) is 4.67. The van der Waals surface area contributed by atoms with E-state index >= 15 is 0 Å². The van der Waals surface area contributed by atoms with Crippen LogP contribution >= 0.6 is 23.2 Å². The Kier molecular flexibility index (Phi) is 10.7. The third-order valence-corrected chi connectivity index (χ3v) is 7.28. The van der Waals surface area contributed by atoms with Crippen molar-refractivity contribution < 1.29 is 14.3 Å². The number of anilines is 2. The maximum absolute atomic E-state index is 12.5. The first-order valence-electron chi connectivity index (χ1n) is 13.2. The SMILES string of the molecule is COc1ccc(N2CCN(CCCCNCc3ccc(NC(=O)c4cc(Cl)cc(Cl)c4)cc3)CC2)c(OC)c1. The summed E-state index contributed by atoms with van der Waals surface area (Å²) in [6, 6.07) is 18.7. The van der Waals surface area contributed by atoms with E-state index in [9.17, 15) is 4.79 Å². The maximum atomic E-state index is 12.5. The van der Waals surface area contributed by atoms with Crippen LogP contribution in [0.3, 0.4) is 0 Å². The Morgan fingerprint density at radius 1 is 0.872 bits per heavy atom. The standard InChI is InChI=1S/C30H36Cl2N4O3/c1-38-27-9-10-28(29(20-27)39-2)36-15-13-35(14-16-36)12-4-3-11-33-21-22-5-7-26(8-6-22)34-30(37)23-17-24(31)19-25(32)18-23/h5-10,17-20,33H,3-4,11-16,21H2,1-2H3,(H,34,37). The predicted molar refractivity (Wildman–Crippen MR) is 160 cm³/mol. The Balaban J connectivity index is 1.11. The molecule has 0 spiro atoms. The quantitative estimate of drug-likeness (QED) is 0.262. The van der Waals surface area contributed by atoms with Gasteiger partial charge >= 0.3 is 0 Å². The molecule has 0 bridgehead atoms. The van der Waals surface area contributed by atoms with Gasteiger partial charge in [0.15, 0.2) is 0 Å². The van der Waals surface area contributed by atoms with E-state index in [1.54, 1.807) is 32.4 Å². The first kappa shape index (κ1) is 29.0. The molecule has 3 aromatic rings. The summed E-state index contributed by atoms with van der Waals surface area (Å²) in [5.41, 5.74) is 3.45. The Hall–Kier alpha value is -2.97. The highest BCUT2D eigenvalue weighted by Gasteiger charge is 2.19. The first-order chi connectivity index (χ1) is 18.9. The van der Waals surface area contributed by atoms with Crippen LogP contribution in [0.15, 0.2) is 60.7 Å². The highest BCUT2D eigenvalue weighted by atomic mass is 35.5. The van der Waals surface area contributed by atoms with Gasteiger partial charge in [0.05, 0.1) is 19.9 Å². The van der Waals surface area contributed by atoms with Crippen LogP contribution in [0.25, 0.3) is 0 Å². The van der Waals surface area contributed by atoms with Gasteiger partial charge in [-0.05, 0) is 74.0 Å². The molecule has 208 valence electrons. The van der Waals surface area contributed by atoms with Gasteiger partial charge in [-0.1, -0.05) is 35.3 Å². The zero-order chi connectivity index (χ0) is 27.6. The van der Waals surface area contributed by atoms with Crippen molar-refractivity contribution in [3.63, 3.8) is 0 Å². The normalized spacial score (nSPS) is 13.8. The van der Waals surface area contributed by atoms with Crippen LogP contribution in [0, 0.1) is 0 Å². The number of benzene rings is 3. The minimum absolute atomic E-state index is 0.243. The van der Waals surface area contributed by atoms with Crippen molar-refractivity contribution >= 4 is 40.5 Å². The van der Waals surface area contributed by atoms with Crippen LogP contribution in [0.2, 0.25) is 10.0 Å². The summed E-state index contributed by atoms with van der Waals surface area (Å²) < 4.78 is 10.9. The van der Waals surface area contributed by atoms with E-state index in [4.69, 9.17) is 32.7 Å². The number of nitrogens with zero attached hydrogens (tertiary/aromatic N) is 2. The number of halogens is 2. The van der Waals surface area contributed by atoms with Gasteiger partial charge in [0.2, 0.25) is 0 Å². The molecule has 9 heteroatoms. The molecule has 1 saturated heterocycles. The molecule has 1 amide bonds. The van der Waals surface area contributed by atoms with E-state index in [1.165, 1.54) is 5.56 Å². The van der Waals surface area contributed by atoms with Crippen LogP contribution in [0.1, 0.15) is 28.8 Å². The monoisotopic (exact) mass is 570 g/mol. The number of carbonyl (C=O) groups excluding carboxylic acids is 1. The lowest BCUT2D eigenvalue weighted by molar-refractivity contribution is 0.102. The van der Waals surface area contributed by atoms with Crippen molar-refractivity contribution in [2.45, 2.75) is 19.4 Å². The summed E-state index contributed by atoms with van der Waals surface area (Å²) in [4.78, 5) is 17.4. The summed E-state index contributed by atoms with van der Waals surface area (Å²) in [6.45, 7) is 6.96. The van der Waals surface area contributed by atoms with Gasteiger partial charge < -0.3 is 25.0 Å². The molecule has 39 heavy (non-hydrogen) atoms. The van der Waals surface area contributed by atoms with Gasteiger partial charge in [0.1, 0.15) is 11.5 Å². The number of piperazine rings is 1. The van der Waals surface area contributed by atoms with Gasteiger partial charge in [-0.3, -0.25) is 9.69 Å². The van der Waals surface area contributed by atoms with Crippen molar-refractivity contribution in [1.29, 1.82) is 0 Å². The first-order valence-corrected chi connectivity index (χ1v) is 14.0. The Morgan fingerprint density at radius 3 is 2.26 bits per heavy atom. The average molecular weight is 572 g/mol. The van der Waals surface area contributed by atoms with Crippen LogP contribution < -0.4 is 25.0 Å². The molecular formula is C30H36Cl2N4O3. The summed E-state index contributed by atoms with van der Waals surface area (Å²) in [7, 11) is 3.38. The molecule has 0 unspecified atom stereocenters. The molecule has 1 aliphatic rings. The van der Waals surface area contributed by atoms with E-state index < -0.39 is 0 Å². The molecule has 0 saturated carbocycles. The van der Waals surface area contributed by atoms with Crippen LogP contribution in [0.4, 0.5) is 11.4 Å². The van der Waals surface area contributed by atoms with Crippen molar-refractivity contribution in [2.24, 2.45) is 0 Å². The topological polar surface area (TPSA) is 66.1 Å². The third-order valence-electron chi connectivity index (χ3n) is 6.84. The number of hydrogen-bond acceptors (Lipinski definition) is 6. The van der Waals surface area contributed by atoms with Crippen molar-refractivity contribution in [3.8, 4) is 11.5 Å². The van der Waals surface area contributed by atoms with Crippen LogP contribution in [-0.2, 0) is 6.54 Å². The fraction of sp³-hybridized carbons (Fsp3) is 0.367. The van der Waals surface area contributed by atoms with Gasteiger partial charge in [-0.2, -0.15) is 0 Å². The van der Waals surface area contributed by atoms with Crippen molar-refractivity contribution in [3.05, 3.63) is 81.8 Å². The maximum Gasteiger partial charge on any atom is 0.255 e. The largest absolute Gasteiger partial charge is 0.497 e. The number of unbranched alkanes of at least 4 members (excludes halogenated alkanes) is 1. The number of rotatable bonds is 12. The van der Waals surface area contributed by atoms with Gasteiger partial charge in [0.25, 0.3) is 5.91 Å². The minimum Gasteiger partial charge on any atom is -0.497 e. The Bertz CT molecular complexity index is 1210. The lowest BCUT2D eigenvalue weighted by atomic mass is 10.1. The third kappa shape index (κ3) is 8.51. The average Bonchev–Trinajstić information content (AvgIpc) is 2.95. The molecule has 0 radical (unpaired) electrons. The molecule has 0 atom stereocenters. The van der Waals surface area contributed by atoms with E-state index in [0.29, 0.717) is 15.6 Å². The van der Waals surface area contributed by atoms with E-state index in [-0.39, 0.29) is 5.91 Å². The van der Waals surface area contributed by atoms with Crippen LogP contribution in [0.5, 0.6) is 11.5 Å². The molecule has 0 aliphatic carbocycles. The second kappa shape index (κ2) is 14.4. The van der Waals surface area contributed by atoms with E-state index in [2.05, 4.69) is 26.5 Å². The fourth-order valence-corrected chi connectivity index (χ4v) is 5.20. The number of hydrogen-bond donors (Lipinski definition) is 2. The van der Waals surface area contributed by atoms with Crippen molar-refractivity contribution in [2.75, 3.05) is 63.7 Å². The predicted octanol–water partition coefficient (Wildman–Crippen LogP) is 5.95.